The van der Waals surface area contributed by atoms with Gasteiger partial charge in [-0.05, 0) is 105 Å². The maximum atomic E-state index is 13.2. The predicted octanol–water partition coefficient (Wildman–Crippen LogP) is 4.33. The summed E-state index contributed by atoms with van der Waals surface area (Å²) in [6.07, 6.45) is 11.9. The van der Waals surface area contributed by atoms with Crippen LogP contribution in [0.4, 0.5) is 4.79 Å². The lowest BCUT2D eigenvalue weighted by molar-refractivity contribution is -0.203. The van der Waals surface area contributed by atoms with Crippen molar-refractivity contribution in [3.63, 3.8) is 0 Å². The number of fused-ring (bicyclic) bond motifs is 5. The van der Waals surface area contributed by atoms with Crippen molar-refractivity contribution in [1.82, 2.24) is 9.80 Å². The van der Waals surface area contributed by atoms with Crippen molar-refractivity contribution in [1.29, 1.82) is 0 Å². The summed E-state index contributed by atoms with van der Waals surface area (Å²) in [5.41, 5.74) is 6.15. The van der Waals surface area contributed by atoms with Crippen LogP contribution in [0.3, 0.4) is 0 Å². The Kier molecular flexibility index (Phi) is 6.07. The molecular formula is C30H45N3O4. The smallest absolute Gasteiger partial charge is 0.335 e. The number of likely N-dealkylation sites (tertiary alicyclic amines) is 1. The topological polar surface area (TPSA) is 100 Å². The number of carbonyl (C=O) groups is 1. The highest BCUT2D eigenvalue weighted by Gasteiger charge is 2.67. The Morgan fingerprint density at radius 2 is 1.89 bits per heavy atom. The molecule has 7 heteroatoms. The van der Waals surface area contributed by atoms with E-state index in [0.717, 1.165) is 76.3 Å². The summed E-state index contributed by atoms with van der Waals surface area (Å²) in [5, 5.41) is 12.5. The fourth-order valence-corrected chi connectivity index (χ4v) is 10.00. The number of amides is 2. The second-order valence-electron chi connectivity index (χ2n) is 13.7. The average molecular weight is 512 g/mol. The molecule has 2 amide bonds. The van der Waals surface area contributed by atoms with Crippen LogP contribution in [0, 0.1) is 28.6 Å². The number of nitrogens with zero attached hydrogens (tertiary/aromatic N) is 2. The minimum atomic E-state index is -0.678. The molecule has 0 spiro atoms. The van der Waals surface area contributed by atoms with E-state index in [1.54, 1.807) is 6.26 Å². The molecule has 0 aromatic carbocycles. The summed E-state index contributed by atoms with van der Waals surface area (Å²) in [6.45, 7) is 6.24. The summed E-state index contributed by atoms with van der Waals surface area (Å²) in [7, 11) is 1.99. The van der Waals surface area contributed by atoms with E-state index in [-0.39, 0.29) is 34.4 Å². The molecule has 0 bridgehead atoms. The van der Waals surface area contributed by atoms with Gasteiger partial charge in [-0.1, -0.05) is 13.8 Å². The SMILES string of the molecule is CN(C(=O)N1CCC(N)C1)[C@H]1CC[C@@]2(C)[C@H](CC[C@@H]3[C@@H]2CC[C@]2(C)[C@@H](c4ccc(=O)oc4)CC[C@]32O)C1. The van der Waals surface area contributed by atoms with E-state index in [1.165, 1.54) is 6.07 Å². The zero-order chi connectivity index (χ0) is 26.2. The van der Waals surface area contributed by atoms with Gasteiger partial charge in [-0.2, -0.15) is 0 Å². The Morgan fingerprint density at radius 1 is 1.08 bits per heavy atom. The zero-order valence-corrected chi connectivity index (χ0v) is 22.8. The molecule has 1 saturated heterocycles. The van der Waals surface area contributed by atoms with E-state index < -0.39 is 5.60 Å². The van der Waals surface area contributed by atoms with Gasteiger partial charge in [0.2, 0.25) is 0 Å². The molecule has 1 aliphatic heterocycles. The Morgan fingerprint density at radius 3 is 2.59 bits per heavy atom. The molecular weight excluding hydrogens is 466 g/mol. The molecule has 2 heterocycles. The summed E-state index contributed by atoms with van der Waals surface area (Å²) in [4.78, 5) is 28.7. The van der Waals surface area contributed by atoms with Gasteiger partial charge < -0.3 is 25.1 Å². The first-order valence-corrected chi connectivity index (χ1v) is 14.7. The Balaban J connectivity index is 1.19. The second-order valence-corrected chi connectivity index (χ2v) is 13.7. The number of rotatable bonds is 2. The minimum Gasteiger partial charge on any atom is -0.431 e. The minimum absolute atomic E-state index is 0.112. The molecule has 37 heavy (non-hydrogen) atoms. The third-order valence-corrected chi connectivity index (χ3v) is 12.3. The highest BCUT2D eigenvalue weighted by atomic mass is 16.4. The molecule has 4 saturated carbocycles. The Labute approximate surface area is 220 Å². The number of nitrogens with two attached hydrogens (primary N) is 1. The van der Waals surface area contributed by atoms with Crippen LogP contribution < -0.4 is 11.4 Å². The van der Waals surface area contributed by atoms with E-state index in [4.69, 9.17) is 10.2 Å². The van der Waals surface area contributed by atoms with Crippen molar-refractivity contribution in [3.8, 4) is 0 Å². The summed E-state index contributed by atoms with van der Waals surface area (Å²) in [6, 6.07) is 3.98. The van der Waals surface area contributed by atoms with Gasteiger partial charge in [-0.3, -0.25) is 0 Å². The fraction of sp³-hybridized carbons (Fsp3) is 0.800. The number of carbonyl (C=O) groups excluding carboxylic acids is 1. The normalized spacial score (nSPS) is 45.2. The molecule has 6 rings (SSSR count). The van der Waals surface area contributed by atoms with Gasteiger partial charge in [0.25, 0.3) is 0 Å². The van der Waals surface area contributed by atoms with Crippen LogP contribution in [-0.2, 0) is 0 Å². The third-order valence-electron chi connectivity index (χ3n) is 12.3. The Hall–Kier alpha value is -1.86. The monoisotopic (exact) mass is 511 g/mol. The molecule has 204 valence electrons. The van der Waals surface area contributed by atoms with Gasteiger partial charge in [0, 0.05) is 43.7 Å². The largest absolute Gasteiger partial charge is 0.431 e. The second kappa shape index (κ2) is 8.84. The highest BCUT2D eigenvalue weighted by Crippen LogP contribution is 2.70. The van der Waals surface area contributed by atoms with E-state index in [1.807, 2.05) is 22.9 Å². The van der Waals surface area contributed by atoms with E-state index in [0.29, 0.717) is 30.3 Å². The van der Waals surface area contributed by atoms with Gasteiger partial charge in [0.15, 0.2) is 0 Å². The van der Waals surface area contributed by atoms with Crippen LogP contribution in [0.5, 0.6) is 0 Å². The molecule has 0 radical (unpaired) electrons. The molecule has 1 unspecified atom stereocenters. The van der Waals surface area contributed by atoms with Gasteiger partial charge in [-0.15, -0.1) is 0 Å². The summed E-state index contributed by atoms with van der Waals surface area (Å²) < 4.78 is 5.23. The average Bonchev–Trinajstić information content (AvgIpc) is 3.43. The van der Waals surface area contributed by atoms with Crippen molar-refractivity contribution < 1.29 is 14.3 Å². The summed E-state index contributed by atoms with van der Waals surface area (Å²) in [5.74, 6) is 1.66. The van der Waals surface area contributed by atoms with Crippen molar-refractivity contribution in [2.24, 2.45) is 34.3 Å². The van der Waals surface area contributed by atoms with Crippen molar-refractivity contribution in [2.75, 3.05) is 20.1 Å². The standard InChI is InChI=1S/C30H45N3O4/c1-28-12-8-22(32(3)27(35)33-15-11-21(31)17-33)16-20(28)5-6-25-24(28)9-13-29(2)23(10-14-30(25,29)36)19-4-7-26(34)37-18-19/h4,7,18,20-25,36H,5-6,8-17,31H2,1-3H3/t20-,21?,22+,23-,24+,25-,28+,29-,30+/m1/s1. The highest BCUT2D eigenvalue weighted by molar-refractivity contribution is 5.75. The number of hydrogen-bond donors (Lipinski definition) is 2. The van der Waals surface area contributed by atoms with Crippen molar-refractivity contribution in [3.05, 3.63) is 34.4 Å². The quantitative estimate of drug-likeness (QED) is 0.616. The maximum absolute atomic E-state index is 13.2. The predicted molar refractivity (Wildman–Crippen MR) is 142 cm³/mol. The van der Waals surface area contributed by atoms with E-state index in [2.05, 4.69) is 13.8 Å². The van der Waals surface area contributed by atoms with Crippen molar-refractivity contribution >= 4 is 6.03 Å². The van der Waals surface area contributed by atoms with Gasteiger partial charge in [-0.25, -0.2) is 9.59 Å². The third kappa shape index (κ3) is 3.74. The van der Waals surface area contributed by atoms with Gasteiger partial charge in [0.05, 0.1) is 11.9 Å². The van der Waals surface area contributed by atoms with E-state index >= 15 is 0 Å². The molecule has 5 fully saturated rings. The zero-order valence-electron chi connectivity index (χ0n) is 22.8. The summed E-state index contributed by atoms with van der Waals surface area (Å²) >= 11 is 0. The lowest BCUT2D eigenvalue weighted by Crippen LogP contribution is -2.62. The lowest BCUT2D eigenvalue weighted by Gasteiger charge is -2.64. The molecule has 4 aliphatic carbocycles. The van der Waals surface area contributed by atoms with Crippen LogP contribution in [0.25, 0.3) is 0 Å². The molecule has 1 aromatic rings. The van der Waals surface area contributed by atoms with Crippen LogP contribution in [-0.4, -0.2) is 58.8 Å². The van der Waals surface area contributed by atoms with Crippen LogP contribution >= 0.6 is 0 Å². The maximum Gasteiger partial charge on any atom is 0.335 e. The van der Waals surface area contributed by atoms with Gasteiger partial charge >= 0.3 is 11.7 Å². The van der Waals surface area contributed by atoms with E-state index in [9.17, 15) is 14.7 Å². The van der Waals surface area contributed by atoms with Gasteiger partial charge in [0.1, 0.15) is 0 Å². The van der Waals surface area contributed by atoms with Crippen LogP contribution in [0.15, 0.2) is 27.6 Å². The molecule has 5 aliphatic rings. The molecule has 1 aromatic heterocycles. The number of hydrogen-bond acceptors (Lipinski definition) is 5. The van der Waals surface area contributed by atoms with Crippen LogP contribution in [0.2, 0.25) is 0 Å². The first kappa shape index (κ1) is 25.4. The van der Waals surface area contributed by atoms with Crippen molar-refractivity contribution in [2.45, 2.75) is 102 Å². The molecule has 9 atom stereocenters. The molecule has 7 nitrogen and oxygen atoms in total. The number of aliphatic hydroxyl groups is 1. The number of urea groups is 1. The first-order valence-electron chi connectivity index (χ1n) is 14.7. The fourth-order valence-electron chi connectivity index (χ4n) is 10.00. The lowest BCUT2D eigenvalue weighted by atomic mass is 9.43. The Bertz CT molecular complexity index is 1090. The first-order chi connectivity index (χ1) is 17.6. The molecule has 3 N–H and O–H groups in total. The van der Waals surface area contributed by atoms with Crippen LogP contribution in [0.1, 0.15) is 89.5 Å².